The van der Waals surface area contributed by atoms with Crippen LogP contribution in [0.25, 0.3) is 10.9 Å². The molecular weight excluding hydrogens is 286 g/mol. The van der Waals surface area contributed by atoms with Crippen molar-refractivity contribution in [3.8, 4) is 0 Å². The first-order chi connectivity index (χ1) is 11.1. The molecule has 3 rings (SSSR count). The van der Waals surface area contributed by atoms with Crippen LogP contribution in [0.2, 0.25) is 0 Å². The molecule has 4 nitrogen and oxygen atoms in total. The highest BCUT2D eigenvalue weighted by Gasteiger charge is 2.09. The molecule has 1 amide bonds. The Bertz CT molecular complexity index is 820. The second-order valence-corrected chi connectivity index (χ2v) is 5.83. The van der Waals surface area contributed by atoms with E-state index in [2.05, 4.69) is 34.6 Å². The number of amides is 1. The third-order valence-electron chi connectivity index (χ3n) is 4.01. The number of para-hydroxylation sites is 1. The average molecular weight is 307 g/mol. The molecule has 0 aliphatic rings. The van der Waals surface area contributed by atoms with Crippen molar-refractivity contribution in [3.63, 3.8) is 0 Å². The Labute approximate surface area is 136 Å². The zero-order valence-electron chi connectivity index (χ0n) is 13.5. The van der Waals surface area contributed by atoms with Crippen LogP contribution in [0.5, 0.6) is 0 Å². The smallest absolute Gasteiger partial charge is 0.226 e. The number of aromatic nitrogens is 1. The number of fused-ring (bicyclic) bond motifs is 1. The van der Waals surface area contributed by atoms with Crippen molar-refractivity contribution >= 4 is 22.5 Å². The molecule has 118 valence electrons. The molecule has 0 unspecified atom stereocenters. The first-order valence-electron chi connectivity index (χ1n) is 7.72. The van der Waals surface area contributed by atoms with Crippen LogP contribution in [0.4, 0.5) is 5.69 Å². The van der Waals surface area contributed by atoms with Gasteiger partial charge in [-0.25, -0.2) is 0 Å². The van der Waals surface area contributed by atoms with Gasteiger partial charge in [0.25, 0.3) is 0 Å². The summed E-state index contributed by atoms with van der Waals surface area (Å²) in [5.74, 6) is 0.104. The van der Waals surface area contributed by atoms with Gasteiger partial charge in [0, 0.05) is 43.4 Å². The monoisotopic (exact) mass is 307 g/mol. The number of H-pyrrole nitrogens is 1. The Morgan fingerprint density at radius 3 is 2.65 bits per heavy atom. The third-order valence-corrected chi connectivity index (χ3v) is 4.01. The summed E-state index contributed by atoms with van der Waals surface area (Å²) in [5, 5.41) is 4.70. The second kappa shape index (κ2) is 6.57. The molecule has 4 heteroatoms. The van der Waals surface area contributed by atoms with Gasteiger partial charge >= 0.3 is 0 Å². The van der Waals surface area contributed by atoms with Crippen molar-refractivity contribution in [2.45, 2.75) is 13.0 Å². The lowest BCUT2D eigenvalue weighted by Crippen LogP contribution is -2.23. The van der Waals surface area contributed by atoms with E-state index >= 15 is 0 Å². The largest absolute Gasteiger partial charge is 0.381 e. The van der Waals surface area contributed by atoms with Gasteiger partial charge in [-0.3, -0.25) is 4.79 Å². The number of nitrogens with one attached hydrogen (secondary N) is 2. The van der Waals surface area contributed by atoms with E-state index < -0.39 is 0 Å². The lowest BCUT2D eigenvalue weighted by molar-refractivity contribution is -0.127. The Morgan fingerprint density at radius 1 is 1.04 bits per heavy atom. The van der Waals surface area contributed by atoms with E-state index in [0.717, 1.165) is 23.3 Å². The van der Waals surface area contributed by atoms with E-state index in [9.17, 15) is 4.79 Å². The Morgan fingerprint density at radius 2 is 1.83 bits per heavy atom. The van der Waals surface area contributed by atoms with Crippen LogP contribution >= 0.6 is 0 Å². The van der Waals surface area contributed by atoms with Crippen molar-refractivity contribution in [3.05, 3.63) is 65.9 Å². The topological polar surface area (TPSA) is 48.1 Å². The van der Waals surface area contributed by atoms with Crippen LogP contribution < -0.4 is 5.32 Å². The van der Waals surface area contributed by atoms with Crippen molar-refractivity contribution in [2.75, 3.05) is 19.4 Å². The molecule has 0 fully saturated rings. The summed E-state index contributed by atoms with van der Waals surface area (Å²) >= 11 is 0. The number of hydrogen-bond acceptors (Lipinski definition) is 2. The highest BCUT2D eigenvalue weighted by Crippen LogP contribution is 2.21. The maximum absolute atomic E-state index is 12.0. The minimum Gasteiger partial charge on any atom is -0.381 e. The molecule has 1 heterocycles. The number of hydrogen-bond donors (Lipinski definition) is 2. The summed E-state index contributed by atoms with van der Waals surface area (Å²) in [5.41, 5.74) is 4.40. The van der Waals surface area contributed by atoms with Gasteiger partial charge in [0.1, 0.15) is 0 Å². The minimum absolute atomic E-state index is 0.104. The SMILES string of the molecule is CN(C)C(=O)Cc1ccccc1NCc1cccc2[nH]ccc12. The molecule has 1 aromatic heterocycles. The number of benzene rings is 2. The Balaban J connectivity index is 1.78. The third kappa shape index (κ3) is 3.37. The summed E-state index contributed by atoms with van der Waals surface area (Å²) in [6.07, 6.45) is 2.36. The molecule has 0 spiro atoms. The van der Waals surface area contributed by atoms with Crippen LogP contribution in [0.15, 0.2) is 54.7 Å². The quantitative estimate of drug-likeness (QED) is 0.759. The Hall–Kier alpha value is -2.75. The Kier molecular flexibility index (Phi) is 4.33. The second-order valence-electron chi connectivity index (χ2n) is 5.83. The maximum Gasteiger partial charge on any atom is 0.226 e. The van der Waals surface area contributed by atoms with Crippen LogP contribution in [0.1, 0.15) is 11.1 Å². The molecular formula is C19H21N3O. The van der Waals surface area contributed by atoms with Crippen LogP contribution in [0.3, 0.4) is 0 Å². The molecule has 2 N–H and O–H groups in total. The van der Waals surface area contributed by atoms with Gasteiger partial charge in [-0.15, -0.1) is 0 Å². The van der Waals surface area contributed by atoms with Gasteiger partial charge in [-0.05, 0) is 29.3 Å². The molecule has 0 radical (unpaired) electrons. The van der Waals surface area contributed by atoms with Gasteiger partial charge in [0.15, 0.2) is 0 Å². The van der Waals surface area contributed by atoms with Crippen molar-refractivity contribution in [2.24, 2.45) is 0 Å². The summed E-state index contributed by atoms with van der Waals surface area (Å²) in [6.45, 7) is 0.725. The molecule has 0 saturated heterocycles. The summed E-state index contributed by atoms with van der Waals surface area (Å²) < 4.78 is 0. The normalized spacial score (nSPS) is 10.7. The molecule has 0 aliphatic carbocycles. The predicted octanol–water partition coefficient (Wildman–Crippen LogP) is 3.41. The van der Waals surface area contributed by atoms with Gasteiger partial charge in [0.05, 0.1) is 6.42 Å². The van der Waals surface area contributed by atoms with Crippen molar-refractivity contribution in [1.82, 2.24) is 9.88 Å². The summed E-state index contributed by atoms with van der Waals surface area (Å²) in [7, 11) is 3.57. The van der Waals surface area contributed by atoms with Crippen LogP contribution in [-0.4, -0.2) is 29.9 Å². The van der Waals surface area contributed by atoms with E-state index in [1.54, 1.807) is 19.0 Å². The summed E-state index contributed by atoms with van der Waals surface area (Å²) in [4.78, 5) is 16.8. The van der Waals surface area contributed by atoms with Gasteiger partial charge in [0.2, 0.25) is 5.91 Å². The number of carbonyl (C=O) groups excluding carboxylic acids is 1. The zero-order chi connectivity index (χ0) is 16.2. The number of carbonyl (C=O) groups is 1. The van der Waals surface area contributed by atoms with Gasteiger partial charge in [-0.1, -0.05) is 30.3 Å². The van der Waals surface area contributed by atoms with Crippen molar-refractivity contribution < 1.29 is 4.79 Å². The van der Waals surface area contributed by atoms with E-state index in [1.165, 1.54) is 10.9 Å². The highest BCUT2D eigenvalue weighted by atomic mass is 16.2. The first kappa shape index (κ1) is 15.2. The average Bonchev–Trinajstić information content (AvgIpc) is 3.03. The number of anilines is 1. The highest BCUT2D eigenvalue weighted by molar-refractivity contribution is 5.83. The van der Waals surface area contributed by atoms with Gasteiger partial charge in [-0.2, -0.15) is 0 Å². The molecule has 0 aliphatic heterocycles. The maximum atomic E-state index is 12.0. The number of rotatable bonds is 5. The fourth-order valence-electron chi connectivity index (χ4n) is 2.66. The lowest BCUT2D eigenvalue weighted by Gasteiger charge is -2.15. The number of aromatic amines is 1. The fourth-order valence-corrected chi connectivity index (χ4v) is 2.66. The van der Waals surface area contributed by atoms with E-state index in [1.807, 2.05) is 30.5 Å². The van der Waals surface area contributed by atoms with Crippen LogP contribution in [-0.2, 0) is 17.8 Å². The predicted molar refractivity (Wildman–Crippen MR) is 94.5 cm³/mol. The summed E-state index contributed by atoms with van der Waals surface area (Å²) in [6, 6.07) is 16.3. The fraction of sp³-hybridized carbons (Fsp3) is 0.211. The molecule has 23 heavy (non-hydrogen) atoms. The first-order valence-corrected chi connectivity index (χ1v) is 7.72. The van der Waals surface area contributed by atoms with E-state index in [0.29, 0.717) is 6.42 Å². The number of nitrogens with zero attached hydrogens (tertiary/aromatic N) is 1. The lowest BCUT2D eigenvalue weighted by atomic mass is 10.1. The molecule has 0 atom stereocenters. The minimum atomic E-state index is 0.104. The van der Waals surface area contributed by atoms with Crippen LogP contribution in [0, 0.1) is 0 Å². The number of likely N-dealkylation sites (N-methyl/N-ethyl adjacent to an activating group) is 1. The zero-order valence-corrected chi connectivity index (χ0v) is 13.5. The molecule has 0 saturated carbocycles. The van der Waals surface area contributed by atoms with Crippen molar-refractivity contribution in [1.29, 1.82) is 0 Å². The molecule has 2 aromatic carbocycles. The van der Waals surface area contributed by atoms with E-state index in [4.69, 9.17) is 0 Å². The molecule has 3 aromatic rings. The standard InChI is InChI=1S/C19H21N3O/c1-22(2)19(23)12-14-6-3-4-8-17(14)21-13-15-7-5-9-18-16(15)10-11-20-18/h3-11,20-21H,12-13H2,1-2H3. The molecule has 0 bridgehead atoms. The van der Waals surface area contributed by atoms with Gasteiger partial charge < -0.3 is 15.2 Å². The van der Waals surface area contributed by atoms with E-state index in [-0.39, 0.29) is 5.91 Å².